The number of carbonyl (C=O) groups is 2. The zero-order chi connectivity index (χ0) is 33.3. The molecule has 1 aliphatic rings. The molecule has 1 fully saturated rings. The zero-order valence-electron chi connectivity index (χ0n) is 26.8. The van der Waals surface area contributed by atoms with E-state index in [9.17, 15) is 22.8 Å². The zero-order valence-corrected chi connectivity index (χ0v) is 26.8. The average Bonchev–Trinajstić information content (AvgIpc) is 3.03. The molecule has 2 amide bonds. The maximum absolute atomic E-state index is 13.5. The van der Waals surface area contributed by atoms with Crippen molar-refractivity contribution in [2.24, 2.45) is 0 Å². The van der Waals surface area contributed by atoms with E-state index in [0.29, 0.717) is 60.2 Å². The third-order valence-corrected chi connectivity index (χ3v) is 7.83. The Morgan fingerprint density at radius 2 is 1.59 bits per heavy atom. The molecular formula is C34H42F3N5O4. The van der Waals surface area contributed by atoms with E-state index in [1.54, 1.807) is 29.2 Å². The highest BCUT2D eigenvalue weighted by molar-refractivity contribution is 6.01. The maximum atomic E-state index is 13.5. The fourth-order valence-electron chi connectivity index (χ4n) is 5.62. The molecule has 2 aromatic carbocycles. The van der Waals surface area contributed by atoms with Gasteiger partial charge in [-0.25, -0.2) is 0 Å². The molecule has 2 heterocycles. The van der Waals surface area contributed by atoms with E-state index in [1.165, 1.54) is 18.5 Å². The number of carbonyl (C=O) groups excluding carboxylic acids is 2. The molecule has 0 aliphatic carbocycles. The van der Waals surface area contributed by atoms with Crippen LogP contribution in [0.2, 0.25) is 0 Å². The average molecular weight is 642 g/mol. The minimum absolute atomic E-state index is 0.0328. The molecular weight excluding hydrogens is 599 g/mol. The summed E-state index contributed by atoms with van der Waals surface area (Å²) in [5, 5.41) is 3.11. The molecule has 1 aromatic heterocycles. The second kappa shape index (κ2) is 15.9. The summed E-state index contributed by atoms with van der Waals surface area (Å²) in [5.74, 6) is 0.305. The molecule has 0 bridgehead atoms. The Labute approximate surface area is 268 Å². The number of ether oxygens (including phenoxy) is 2. The van der Waals surface area contributed by atoms with E-state index in [1.807, 2.05) is 27.7 Å². The highest BCUT2D eigenvalue weighted by Crippen LogP contribution is 2.36. The summed E-state index contributed by atoms with van der Waals surface area (Å²) in [6, 6.07) is 11.6. The van der Waals surface area contributed by atoms with Gasteiger partial charge in [-0.1, -0.05) is 30.3 Å². The van der Waals surface area contributed by atoms with Crippen LogP contribution in [0.15, 0.2) is 54.9 Å². The molecule has 9 nitrogen and oxygen atoms in total. The minimum atomic E-state index is -4.42. The lowest BCUT2D eigenvalue weighted by Crippen LogP contribution is -2.45. The van der Waals surface area contributed by atoms with Crippen molar-refractivity contribution >= 4 is 17.5 Å². The van der Waals surface area contributed by atoms with Crippen LogP contribution in [0.5, 0.6) is 11.8 Å². The van der Waals surface area contributed by atoms with Gasteiger partial charge >= 0.3 is 6.18 Å². The molecule has 4 rings (SSSR count). The van der Waals surface area contributed by atoms with Crippen LogP contribution in [0.3, 0.4) is 0 Å². The van der Waals surface area contributed by atoms with Crippen LogP contribution >= 0.6 is 0 Å². The second-order valence-electron chi connectivity index (χ2n) is 11.4. The molecule has 0 radical (unpaired) electrons. The number of nitrogens with zero attached hydrogens (tertiary/aromatic N) is 4. The highest BCUT2D eigenvalue weighted by atomic mass is 19.4. The summed E-state index contributed by atoms with van der Waals surface area (Å²) in [7, 11) is 0. The fraction of sp³-hybridized carbons (Fsp3) is 0.471. The topological polar surface area (TPSA) is 96.9 Å². The van der Waals surface area contributed by atoms with Crippen LogP contribution in [0.25, 0.3) is 11.1 Å². The van der Waals surface area contributed by atoms with E-state index in [2.05, 4.69) is 20.2 Å². The van der Waals surface area contributed by atoms with Gasteiger partial charge in [-0.3, -0.25) is 9.59 Å². The fourth-order valence-corrected chi connectivity index (χ4v) is 5.62. The summed E-state index contributed by atoms with van der Waals surface area (Å²) < 4.78 is 50.5. The first-order chi connectivity index (χ1) is 22.0. The molecule has 3 aromatic rings. The van der Waals surface area contributed by atoms with Crippen molar-refractivity contribution in [3.8, 4) is 22.9 Å². The van der Waals surface area contributed by atoms with Crippen molar-refractivity contribution < 1.29 is 32.2 Å². The number of halogens is 3. The first-order valence-corrected chi connectivity index (χ1v) is 15.8. The SMILES string of the molecule is CCOc1ncnc(OCC)c1N(C(=O)CCCN1CCC(NC(=O)c2ccccc2-c2ccc(C(F)(F)F)cc2)CC1)C(C)C. The number of hydrogen-bond donors (Lipinski definition) is 1. The number of nitrogens with one attached hydrogen (secondary N) is 1. The van der Waals surface area contributed by atoms with Crippen LogP contribution in [-0.4, -0.2) is 71.6 Å². The first kappa shape index (κ1) is 34.7. The quantitative estimate of drug-likeness (QED) is 0.232. The summed E-state index contributed by atoms with van der Waals surface area (Å²) in [4.78, 5) is 39.2. The van der Waals surface area contributed by atoms with Gasteiger partial charge in [-0.15, -0.1) is 0 Å². The van der Waals surface area contributed by atoms with Gasteiger partial charge in [0.25, 0.3) is 5.91 Å². The van der Waals surface area contributed by atoms with Gasteiger partial charge in [0.2, 0.25) is 17.7 Å². The van der Waals surface area contributed by atoms with Crippen molar-refractivity contribution in [2.75, 3.05) is 37.7 Å². The van der Waals surface area contributed by atoms with E-state index in [4.69, 9.17) is 9.47 Å². The molecule has 1 saturated heterocycles. The maximum Gasteiger partial charge on any atom is 0.416 e. The Bertz CT molecular complexity index is 1430. The Balaban J connectivity index is 1.30. The smallest absolute Gasteiger partial charge is 0.416 e. The number of aromatic nitrogens is 2. The number of hydrogen-bond acceptors (Lipinski definition) is 7. The van der Waals surface area contributed by atoms with Gasteiger partial charge in [0.15, 0.2) is 5.69 Å². The van der Waals surface area contributed by atoms with Crippen LogP contribution < -0.4 is 19.7 Å². The van der Waals surface area contributed by atoms with Crippen LogP contribution in [0, 0.1) is 0 Å². The molecule has 1 aliphatic heterocycles. The molecule has 0 atom stereocenters. The van der Waals surface area contributed by atoms with Gasteiger partial charge < -0.3 is 24.6 Å². The number of amides is 2. The Morgan fingerprint density at radius 1 is 0.978 bits per heavy atom. The summed E-state index contributed by atoms with van der Waals surface area (Å²) in [6.45, 7) is 10.6. The number of alkyl halides is 3. The van der Waals surface area contributed by atoms with Crippen molar-refractivity contribution in [1.29, 1.82) is 0 Å². The minimum Gasteiger partial charge on any atom is -0.476 e. The Morgan fingerprint density at radius 3 is 2.15 bits per heavy atom. The molecule has 248 valence electrons. The predicted octanol–water partition coefficient (Wildman–Crippen LogP) is 6.38. The molecule has 1 N–H and O–H groups in total. The van der Waals surface area contributed by atoms with Gasteiger partial charge in [-0.2, -0.15) is 23.1 Å². The van der Waals surface area contributed by atoms with Crippen LogP contribution in [0.4, 0.5) is 18.9 Å². The second-order valence-corrected chi connectivity index (χ2v) is 11.4. The lowest BCUT2D eigenvalue weighted by Gasteiger charge is -2.33. The molecule has 46 heavy (non-hydrogen) atoms. The standard InChI is InChI=1S/C34H42F3N5O4/c1-5-45-32-30(33(46-6-2)39-22-38-32)42(23(3)4)29(43)12-9-19-41-20-17-26(18-21-41)40-31(44)28-11-8-7-10-27(28)24-13-15-25(16-14-24)34(35,36)37/h7-8,10-11,13-16,22-23,26H,5-6,9,12,17-21H2,1-4H3,(H,40,44). The van der Waals surface area contributed by atoms with E-state index < -0.39 is 11.7 Å². The van der Waals surface area contributed by atoms with E-state index >= 15 is 0 Å². The summed E-state index contributed by atoms with van der Waals surface area (Å²) >= 11 is 0. The largest absolute Gasteiger partial charge is 0.476 e. The van der Waals surface area contributed by atoms with Gasteiger partial charge in [0.1, 0.15) is 6.33 Å². The van der Waals surface area contributed by atoms with Gasteiger partial charge in [-0.05, 0) is 82.8 Å². The van der Waals surface area contributed by atoms with E-state index in [-0.39, 0.29) is 23.9 Å². The third kappa shape index (κ3) is 8.74. The molecule has 0 unspecified atom stereocenters. The van der Waals surface area contributed by atoms with Crippen LogP contribution in [-0.2, 0) is 11.0 Å². The number of piperidine rings is 1. The third-order valence-electron chi connectivity index (χ3n) is 7.83. The van der Waals surface area contributed by atoms with Crippen LogP contribution in [0.1, 0.15) is 69.3 Å². The first-order valence-electron chi connectivity index (χ1n) is 15.8. The summed E-state index contributed by atoms with van der Waals surface area (Å²) in [6.07, 6.45) is -0.586. The molecule has 12 heteroatoms. The monoisotopic (exact) mass is 641 g/mol. The number of likely N-dealkylation sites (tertiary alicyclic amines) is 1. The Hall–Kier alpha value is -4.19. The van der Waals surface area contributed by atoms with Crippen molar-refractivity contribution in [3.05, 3.63) is 66.0 Å². The molecule has 0 saturated carbocycles. The van der Waals surface area contributed by atoms with Gasteiger partial charge in [0, 0.05) is 37.2 Å². The van der Waals surface area contributed by atoms with Crippen molar-refractivity contribution in [1.82, 2.24) is 20.2 Å². The Kier molecular flexibility index (Phi) is 12.0. The predicted molar refractivity (Wildman–Crippen MR) is 170 cm³/mol. The highest BCUT2D eigenvalue weighted by Gasteiger charge is 2.31. The normalized spacial score (nSPS) is 14.3. The lowest BCUT2D eigenvalue weighted by atomic mass is 9.97. The number of anilines is 1. The summed E-state index contributed by atoms with van der Waals surface area (Å²) in [5.41, 5.74) is 1.25. The van der Waals surface area contributed by atoms with Gasteiger partial charge in [0.05, 0.1) is 18.8 Å². The molecule has 0 spiro atoms. The number of rotatable bonds is 13. The van der Waals surface area contributed by atoms with E-state index in [0.717, 1.165) is 44.6 Å². The van der Waals surface area contributed by atoms with Crippen molar-refractivity contribution in [3.63, 3.8) is 0 Å². The number of benzene rings is 2. The van der Waals surface area contributed by atoms with Crippen molar-refractivity contribution in [2.45, 2.75) is 71.6 Å². The lowest BCUT2D eigenvalue weighted by molar-refractivity contribution is -0.137.